The molecule has 0 radical (unpaired) electrons. The van der Waals surface area contributed by atoms with Crippen LogP contribution in [0.5, 0.6) is 0 Å². The Kier molecular flexibility index (Phi) is 3.47. The summed E-state index contributed by atoms with van der Waals surface area (Å²) in [6.07, 6.45) is 1.68. The van der Waals surface area contributed by atoms with Gasteiger partial charge in [0.05, 0.1) is 23.5 Å². The van der Waals surface area contributed by atoms with Gasteiger partial charge in [-0.1, -0.05) is 0 Å². The number of amides is 1. The van der Waals surface area contributed by atoms with E-state index in [4.69, 9.17) is 4.74 Å². The molecule has 2 heterocycles. The number of hydrogen-bond donors (Lipinski definition) is 2. The molecule has 0 aliphatic carbocycles. The summed E-state index contributed by atoms with van der Waals surface area (Å²) in [6, 6.07) is -0.367. The van der Waals surface area contributed by atoms with Gasteiger partial charge in [0.25, 0.3) is 5.91 Å². The molecule has 2 N–H and O–H groups in total. The number of nitrogens with one attached hydrogen (secondary N) is 2. The molecule has 7 heteroatoms. The van der Waals surface area contributed by atoms with Crippen molar-refractivity contribution in [3.8, 4) is 0 Å². The van der Waals surface area contributed by atoms with Crippen LogP contribution in [-0.4, -0.2) is 37.1 Å². The summed E-state index contributed by atoms with van der Waals surface area (Å²) >= 11 is 1.44. The molecule has 0 bridgehead atoms. The first-order valence-electron chi connectivity index (χ1n) is 4.80. The Bertz CT molecular complexity index is 390. The molecule has 6 nitrogen and oxygen atoms in total. The van der Waals surface area contributed by atoms with Gasteiger partial charge in [-0.05, 0) is 0 Å². The molecule has 1 fully saturated rings. The third kappa shape index (κ3) is 2.37. The number of carbonyl (C=O) groups excluding carboxylic acids is 1. The second-order valence-corrected chi connectivity index (χ2v) is 4.11. The van der Waals surface area contributed by atoms with Crippen molar-refractivity contribution < 1.29 is 9.53 Å². The number of carbonyl (C=O) groups is 1. The average Bonchev–Trinajstić information content (AvgIpc) is 2.87. The third-order valence-corrected chi connectivity index (χ3v) is 2.93. The van der Waals surface area contributed by atoms with Crippen molar-refractivity contribution in [2.24, 2.45) is 4.99 Å². The molecule has 0 aromatic carbocycles. The largest absolute Gasteiger partial charge is 0.383 e. The van der Waals surface area contributed by atoms with E-state index in [1.165, 1.54) is 11.3 Å². The summed E-state index contributed by atoms with van der Waals surface area (Å²) < 4.78 is 4.87. The van der Waals surface area contributed by atoms with E-state index in [0.29, 0.717) is 19.1 Å². The molecule has 1 aliphatic heterocycles. The second kappa shape index (κ2) is 5.04. The molecular weight excluding hydrogens is 228 g/mol. The van der Waals surface area contributed by atoms with E-state index >= 15 is 0 Å². The summed E-state index contributed by atoms with van der Waals surface area (Å²) in [7, 11) is 1.61. The van der Waals surface area contributed by atoms with E-state index in [1.54, 1.807) is 18.8 Å². The molecule has 1 amide bonds. The van der Waals surface area contributed by atoms with Crippen LogP contribution in [-0.2, 0) is 9.53 Å². The third-order valence-electron chi connectivity index (χ3n) is 2.09. The summed E-state index contributed by atoms with van der Waals surface area (Å²) in [5.41, 5.74) is 1.70. The first kappa shape index (κ1) is 11.0. The van der Waals surface area contributed by atoms with Crippen LogP contribution in [0.1, 0.15) is 10.9 Å². The zero-order valence-electron chi connectivity index (χ0n) is 8.77. The van der Waals surface area contributed by atoms with E-state index in [-0.39, 0.29) is 11.9 Å². The highest BCUT2D eigenvalue weighted by molar-refractivity contribution is 7.09. The SMILES string of the molecule is COCCN=C1NC(=O)C(c2cncs2)N1. The first-order valence-corrected chi connectivity index (χ1v) is 5.68. The van der Waals surface area contributed by atoms with E-state index in [1.807, 2.05) is 0 Å². The summed E-state index contributed by atoms with van der Waals surface area (Å²) in [5, 5.41) is 5.68. The standard InChI is InChI=1S/C9H12N4O2S/c1-15-3-2-11-9-12-7(8(14)13-9)6-4-10-5-16-6/h4-5,7H,2-3H2,1H3,(H2,11,12,13,14). The molecule has 16 heavy (non-hydrogen) atoms. The minimum Gasteiger partial charge on any atom is -0.383 e. The predicted octanol–water partition coefficient (Wildman–Crippen LogP) is -0.0940. The fraction of sp³-hybridized carbons (Fsp3) is 0.444. The molecule has 1 atom stereocenters. The number of methoxy groups -OCH3 is 1. The summed E-state index contributed by atoms with van der Waals surface area (Å²) in [5.74, 6) is 0.404. The van der Waals surface area contributed by atoms with Gasteiger partial charge in [-0.3, -0.25) is 20.1 Å². The van der Waals surface area contributed by atoms with Crippen LogP contribution in [0.3, 0.4) is 0 Å². The number of guanidine groups is 1. The Morgan fingerprint density at radius 1 is 1.69 bits per heavy atom. The molecule has 86 valence electrons. The van der Waals surface area contributed by atoms with Crippen LogP contribution in [0.15, 0.2) is 16.7 Å². The van der Waals surface area contributed by atoms with Crippen LogP contribution in [0.25, 0.3) is 0 Å². The summed E-state index contributed by atoms with van der Waals surface area (Å²) in [6.45, 7) is 1.06. The Labute approximate surface area is 96.7 Å². The maximum atomic E-state index is 11.6. The molecule has 1 aromatic rings. The molecule has 1 aliphatic rings. The molecule has 1 aromatic heterocycles. The average molecular weight is 240 g/mol. The van der Waals surface area contributed by atoms with Gasteiger partial charge in [0.15, 0.2) is 5.96 Å². The Morgan fingerprint density at radius 2 is 2.56 bits per heavy atom. The maximum Gasteiger partial charge on any atom is 0.254 e. The van der Waals surface area contributed by atoms with Crippen molar-refractivity contribution in [1.29, 1.82) is 0 Å². The van der Waals surface area contributed by atoms with Crippen molar-refractivity contribution >= 4 is 23.2 Å². The molecule has 0 saturated carbocycles. The van der Waals surface area contributed by atoms with Crippen molar-refractivity contribution in [3.05, 3.63) is 16.6 Å². The van der Waals surface area contributed by atoms with Gasteiger partial charge in [0, 0.05) is 13.3 Å². The Hall–Kier alpha value is -1.47. The monoisotopic (exact) mass is 240 g/mol. The molecule has 2 rings (SSSR count). The first-order chi connectivity index (χ1) is 7.81. The minimum atomic E-state index is -0.367. The van der Waals surface area contributed by atoms with Crippen LogP contribution in [0.2, 0.25) is 0 Å². The van der Waals surface area contributed by atoms with Gasteiger partial charge in [0.2, 0.25) is 0 Å². The molecule has 0 spiro atoms. The molecule has 1 unspecified atom stereocenters. The summed E-state index contributed by atoms with van der Waals surface area (Å²) in [4.78, 5) is 20.6. The van der Waals surface area contributed by atoms with Gasteiger partial charge in [-0.2, -0.15) is 0 Å². The van der Waals surface area contributed by atoms with Crippen LogP contribution < -0.4 is 10.6 Å². The lowest BCUT2D eigenvalue weighted by Gasteiger charge is -2.02. The lowest BCUT2D eigenvalue weighted by Crippen LogP contribution is -2.26. The number of aromatic nitrogens is 1. The highest BCUT2D eigenvalue weighted by Crippen LogP contribution is 2.19. The number of aliphatic imine (C=N–C) groups is 1. The predicted molar refractivity (Wildman–Crippen MR) is 60.3 cm³/mol. The topological polar surface area (TPSA) is 75.6 Å². The lowest BCUT2D eigenvalue weighted by atomic mass is 10.3. The highest BCUT2D eigenvalue weighted by Gasteiger charge is 2.30. The van der Waals surface area contributed by atoms with E-state index in [0.717, 1.165) is 4.88 Å². The quantitative estimate of drug-likeness (QED) is 0.721. The maximum absolute atomic E-state index is 11.6. The number of thiazole rings is 1. The Morgan fingerprint density at radius 3 is 3.25 bits per heavy atom. The highest BCUT2D eigenvalue weighted by atomic mass is 32.1. The fourth-order valence-electron chi connectivity index (χ4n) is 1.33. The van der Waals surface area contributed by atoms with Crippen molar-refractivity contribution in [1.82, 2.24) is 15.6 Å². The number of ether oxygens (including phenoxy) is 1. The normalized spacial score (nSPS) is 22.2. The van der Waals surface area contributed by atoms with Gasteiger partial charge in [0.1, 0.15) is 6.04 Å². The molecular formula is C9H12N4O2S. The van der Waals surface area contributed by atoms with Gasteiger partial charge < -0.3 is 10.1 Å². The Balaban J connectivity index is 1.99. The number of hydrogen-bond acceptors (Lipinski definition) is 5. The van der Waals surface area contributed by atoms with Crippen molar-refractivity contribution in [2.75, 3.05) is 20.3 Å². The lowest BCUT2D eigenvalue weighted by molar-refractivity contribution is -0.120. The van der Waals surface area contributed by atoms with Gasteiger partial charge >= 0.3 is 0 Å². The minimum absolute atomic E-state index is 0.0968. The zero-order chi connectivity index (χ0) is 11.4. The van der Waals surface area contributed by atoms with E-state index in [9.17, 15) is 4.79 Å². The fourth-order valence-corrected chi connectivity index (χ4v) is 2.00. The van der Waals surface area contributed by atoms with E-state index < -0.39 is 0 Å². The van der Waals surface area contributed by atoms with Crippen LogP contribution in [0.4, 0.5) is 0 Å². The van der Waals surface area contributed by atoms with Gasteiger partial charge in [-0.25, -0.2) is 0 Å². The molecule has 1 saturated heterocycles. The number of rotatable bonds is 4. The van der Waals surface area contributed by atoms with Crippen molar-refractivity contribution in [2.45, 2.75) is 6.04 Å². The second-order valence-electron chi connectivity index (χ2n) is 3.19. The zero-order valence-corrected chi connectivity index (χ0v) is 9.58. The smallest absolute Gasteiger partial charge is 0.254 e. The van der Waals surface area contributed by atoms with Crippen molar-refractivity contribution in [3.63, 3.8) is 0 Å². The van der Waals surface area contributed by atoms with E-state index in [2.05, 4.69) is 20.6 Å². The van der Waals surface area contributed by atoms with Crippen LogP contribution in [0, 0.1) is 0 Å². The number of nitrogens with zero attached hydrogens (tertiary/aromatic N) is 2. The van der Waals surface area contributed by atoms with Gasteiger partial charge in [-0.15, -0.1) is 11.3 Å². The van der Waals surface area contributed by atoms with Crippen LogP contribution >= 0.6 is 11.3 Å².